The van der Waals surface area contributed by atoms with Crippen LogP contribution >= 0.6 is 0 Å². The Hall–Kier alpha value is -1.55. The van der Waals surface area contributed by atoms with Crippen molar-refractivity contribution in [1.82, 2.24) is 10.2 Å². The number of rotatable bonds is 6. The highest BCUT2D eigenvalue weighted by Gasteiger charge is 2.22. The summed E-state index contributed by atoms with van der Waals surface area (Å²) in [5.41, 5.74) is 1.05. The van der Waals surface area contributed by atoms with E-state index in [0.29, 0.717) is 6.42 Å². The molecule has 1 fully saturated rings. The highest BCUT2D eigenvalue weighted by atomic mass is 16.5. The summed E-state index contributed by atoms with van der Waals surface area (Å²) in [5, 5.41) is 3.20. The number of nitrogens with one attached hydrogen (secondary N) is 1. The van der Waals surface area contributed by atoms with Gasteiger partial charge in [0.15, 0.2) is 0 Å². The van der Waals surface area contributed by atoms with Gasteiger partial charge >= 0.3 is 0 Å². The molecule has 1 heterocycles. The lowest BCUT2D eigenvalue weighted by molar-refractivity contribution is -0.131. The monoisotopic (exact) mass is 290 g/mol. The lowest BCUT2D eigenvalue weighted by atomic mass is 9.93. The Kier molecular flexibility index (Phi) is 6.05. The molecular formula is C17H26N2O2. The minimum absolute atomic E-state index is 0.243. The molecule has 0 unspecified atom stereocenters. The number of nitrogens with zero attached hydrogens (tertiary/aromatic N) is 1. The number of benzene rings is 1. The van der Waals surface area contributed by atoms with E-state index in [9.17, 15) is 4.79 Å². The highest BCUT2D eigenvalue weighted by molar-refractivity contribution is 5.78. The summed E-state index contributed by atoms with van der Waals surface area (Å²) in [6.45, 7) is 2.89. The second-order valence-electron chi connectivity index (χ2n) is 5.74. The summed E-state index contributed by atoms with van der Waals surface area (Å²) >= 11 is 0. The van der Waals surface area contributed by atoms with Crippen LogP contribution in [0.25, 0.3) is 0 Å². The van der Waals surface area contributed by atoms with Crippen molar-refractivity contribution in [1.29, 1.82) is 0 Å². The van der Waals surface area contributed by atoms with Crippen LogP contribution in [0.3, 0.4) is 0 Å². The molecule has 0 aromatic heterocycles. The van der Waals surface area contributed by atoms with E-state index < -0.39 is 0 Å². The second-order valence-corrected chi connectivity index (χ2v) is 5.74. The maximum Gasteiger partial charge on any atom is 0.226 e. The van der Waals surface area contributed by atoms with Crippen molar-refractivity contribution in [2.45, 2.75) is 25.7 Å². The second kappa shape index (κ2) is 8.03. The summed E-state index contributed by atoms with van der Waals surface area (Å²) in [7, 11) is 3.64. The van der Waals surface area contributed by atoms with Crippen LogP contribution in [0, 0.1) is 5.92 Å². The molecule has 4 heteroatoms. The predicted molar refractivity (Wildman–Crippen MR) is 84.5 cm³/mol. The lowest BCUT2D eigenvalue weighted by Crippen LogP contribution is -2.39. The fraction of sp³-hybridized carbons (Fsp3) is 0.588. The van der Waals surface area contributed by atoms with Gasteiger partial charge in [-0.1, -0.05) is 12.1 Å². The van der Waals surface area contributed by atoms with Crippen LogP contribution in [-0.4, -0.2) is 44.6 Å². The molecule has 0 saturated carbocycles. The first-order valence-electron chi connectivity index (χ1n) is 7.78. The van der Waals surface area contributed by atoms with E-state index in [1.807, 2.05) is 36.2 Å². The number of hydrogen-bond donors (Lipinski definition) is 1. The molecule has 1 aliphatic rings. The van der Waals surface area contributed by atoms with E-state index in [2.05, 4.69) is 5.32 Å². The number of amides is 1. The topological polar surface area (TPSA) is 41.6 Å². The molecule has 116 valence electrons. The molecule has 1 aromatic carbocycles. The maximum atomic E-state index is 12.3. The summed E-state index contributed by atoms with van der Waals surface area (Å²) < 4.78 is 5.13. The number of hydrogen-bond acceptors (Lipinski definition) is 3. The zero-order valence-corrected chi connectivity index (χ0v) is 13.1. The molecule has 2 rings (SSSR count). The van der Waals surface area contributed by atoms with Gasteiger partial charge in [-0.15, -0.1) is 0 Å². The number of likely N-dealkylation sites (tertiary alicyclic amines) is 1. The predicted octanol–water partition coefficient (Wildman–Crippen LogP) is 2.09. The van der Waals surface area contributed by atoms with E-state index in [-0.39, 0.29) is 5.91 Å². The lowest BCUT2D eigenvalue weighted by Gasteiger charge is -2.32. The molecule has 1 aliphatic heterocycles. The Bertz CT molecular complexity index is 437. The summed E-state index contributed by atoms with van der Waals surface area (Å²) in [6, 6.07) is 7.76. The SMILES string of the molecule is CNCCC1CCN(C(=O)Cc2ccc(OC)cc2)CC1. The zero-order chi connectivity index (χ0) is 15.1. The molecule has 0 spiro atoms. The van der Waals surface area contributed by atoms with Crippen molar-refractivity contribution in [2.75, 3.05) is 33.8 Å². The van der Waals surface area contributed by atoms with Crippen LogP contribution in [0.2, 0.25) is 0 Å². The van der Waals surface area contributed by atoms with Gasteiger partial charge in [-0.2, -0.15) is 0 Å². The Labute approximate surface area is 127 Å². The van der Waals surface area contributed by atoms with E-state index >= 15 is 0 Å². The molecule has 4 nitrogen and oxygen atoms in total. The number of carbonyl (C=O) groups is 1. The van der Waals surface area contributed by atoms with E-state index in [4.69, 9.17) is 4.74 Å². The molecule has 1 saturated heterocycles. The molecule has 0 radical (unpaired) electrons. The normalized spacial score (nSPS) is 16.0. The summed E-state index contributed by atoms with van der Waals surface area (Å²) in [6.07, 6.45) is 3.98. The van der Waals surface area contributed by atoms with Gasteiger partial charge in [0.1, 0.15) is 5.75 Å². The first-order valence-corrected chi connectivity index (χ1v) is 7.78. The minimum atomic E-state index is 0.243. The quantitative estimate of drug-likeness (QED) is 0.872. The van der Waals surface area contributed by atoms with Gasteiger partial charge in [-0.25, -0.2) is 0 Å². The third-order valence-electron chi connectivity index (χ3n) is 4.28. The third kappa shape index (κ3) is 4.74. The number of piperidine rings is 1. The van der Waals surface area contributed by atoms with E-state index in [0.717, 1.165) is 49.7 Å². The number of methoxy groups -OCH3 is 1. The molecule has 0 atom stereocenters. The molecule has 1 amide bonds. The van der Waals surface area contributed by atoms with Gasteiger partial charge in [0, 0.05) is 13.1 Å². The van der Waals surface area contributed by atoms with Gasteiger partial charge in [0.25, 0.3) is 0 Å². The first kappa shape index (κ1) is 15.8. The van der Waals surface area contributed by atoms with Crippen LogP contribution in [0.15, 0.2) is 24.3 Å². The zero-order valence-electron chi connectivity index (χ0n) is 13.1. The van der Waals surface area contributed by atoms with Crippen LogP contribution in [0.1, 0.15) is 24.8 Å². The van der Waals surface area contributed by atoms with Gasteiger partial charge in [0.2, 0.25) is 5.91 Å². The van der Waals surface area contributed by atoms with Crippen LogP contribution < -0.4 is 10.1 Å². The van der Waals surface area contributed by atoms with Crippen LogP contribution in [-0.2, 0) is 11.2 Å². The highest BCUT2D eigenvalue weighted by Crippen LogP contribution is 2.21. The number of carbonyl (C=O) groups excluding carboxylic acids is 1. The largest absolute Gasteiger partial charge is 0.497 e. The fourth-order valence-corrected chi connectivity index (χ4v) is 2.85. The molecule has 1 N–H and O–H groups in total. The van der Waals surface area contributed by atoms with Crippen molar-refractivity contribution in [3.8, 4) is 5.75 Å². The first-order chi connectivity index (χ1) is 10.2. The smallest absolute Gasteiger partial charge is 0.226 e. The maximum absolute atomic E-state index is 12.3. The van der Waals surface area contributed by atoms with E-state index in [1.165, 1.54) is 6.42 Å². The van der Waals surface area contributed by atoms with E-state index in [1.54, 1.807) is 7.11 Å². The molecule has 0 aliphatic carbocycles. The molecular weight excluding hydrogens is 264 g/mol. The minimum Gasteiger partial charge on any atom is -0.497 e. The van der Waals surface area contributed by atoms with Crippen molar-refractivity contribution in [2.24, 2.45) is 5.92 Å². The van der Waals surface area contributed by atoms with Crippen molar-refractivity contribution in [3.63, 3.8) is 0 Å². The summed E-state index contributed by atoms with van der Waals surface area (Å²) in [5.74, 6) is 1.84. The molecule has 0 bridgehead atoms. The average Bonchev–Trinajstić information content (AvgIpc) is 2.54. The van der Waals surface area contributed by atoms with Crippen LogP contribution in [0.4, 0.5) is 0 Å². The Morgan fingerprint density at radius 2 is 1.95 bits per heavy atom. The van der Waals surface area contributed by atoms with Crippen LogP contribution in [0.5, 0.6) is 5.75 Å². The molecule has 21 heavy (non-hydrogen) atoms. The van der Waals surface area contributed by atoms with Gasteiger partial charge in [0.05, 0.1) is 13.5 Å². The van der Waals surface area contributed by atoms with Crippen molar-refractivity contribution in [3.05, 3.63) is 29.8 Å². The Balaban J connectivity index is 1.78. The van der Waals surface area contributed by atoms with Gasteiger partial charge in [-0.05, 0) is 56.5 Å². The van der Waals surface area contributed by atoms with Gasteiger partial charge < -0.3 is 15.0 Å². The Morgan fingerprint density at radius 3 is 2.52 bits per heavy atom. The Morgan fingerprint density at radius 1 is 1.29 bits per heavy atom. The van der Waals surface area contributed by atoms with Crippen molar-refractivity contribution < 1.29 is 9.53 Å². The fourth-order valence-electron chi connectivity index (χ4n) is 2.85. The number of ether oxygens (including phenoxy) is 1. The average molecular weight is 290 g/mol. The summed E-state index contributed by atoms with van der Waals surface area (Å²) in [4.78, 5) is 14.3. The van der Waals surface area contributed by atoms with Crippen molar-refractivity contribution >= 4 is 5.91 Å². The molecule has 1 aromatic rings. The standard InChI is InChI=1S/C17H26N2O2/c1-18-10-7-14-8-11-19(12-9-14)17(20)13-15-3-5-16(21-2)6-4-15/h3-6,14,18H,7-13H2,1-2H3. The van der Waals surface area contributed by atoms with Gasteiger partial charge in [-0.3, -0.25) is 4.79 Å². The third-order valence-corrected chi connectivity index (χ3v) is 4.28.